The minimum Gasteiger partial charge on any atom is -0.459 e. The third kappa shape index (κ3) is 3.43. The van der Waals surface area contributed by atoms with Crippen LogP contribution in [-0.2, 0) is 52.4 Å². The molecule has 15 heteroatoms. The van der Waals surface area contributed by atoms with E-state index in [1.165, 1.54) is 20.8 Å². The van der Waals surface area contributed by atoms with Crippen molar-refractivity contribution in [1.29, 1.82) is 0 Å². The summed E-state index contributed by atoms with van der Waals surface area (Å²) in [6, 6.07) is 0. The molecule has 5 aliphatic carbocycles. The molecule has 1 spiro atoms. The van der Waals surface area contributed by atoms with Crippen molar-refractivity contribution in [2.75, 3.05) is 0 Å². The minimum atomic E-state index is -2.26. The van der Waals surface area contributed by atoms with Crippen molar-refractivity contribution in [2.45, 2.75) is 128 Å². The number of carbonyl (C=O) groups is 5. The number of carbonyl (C=O) groups excluding carboxylic acids is 5. The van der Waals surface area contributed by atoms with Gasteiger partial charge in [-0.3, -0.25) is 19.2 Å². The molecule has 3 heterocycles. The molecule has 270 valence electrons. The fraction of sp³-hybridized carbons (Fsp3) is 0.853. The average Bonchev–Trinajstić information content (AvgIpc) is 3.89. The number of hydrogen-bond donors (Lipinski definition) is 4. The van der Waals surface area contributed by atoms with Crippen LogP contribution in [0, 0.1) is 51.8 Å². The highest BCUT2D eigenvalue weighted by molar-refractivity contribution is 5.90. The summed E-state index contributed by atoms with van der Waals surface area (Å²) in [5.74, 6) is -11.7. The Labute approximate surface area is 281 Å². The van der Waals surface area contributed by atoms with Crippen LogP contribution < -0.4 is 0 Å². The zero-order valence-electron chi connectivity index (χ0n) is 28.6. The molecule has 8 fully saturated rings. The maximum atomic E-state index is 14.8. The zero-order valence-corrected chi connectivity index (χ0v) is 28.6. The van der Waals surface area contributed by atoms with Gasteiger partial charge in [0.2, 0.25) is 5.79 Å². The van der Waals surface area contributed by atoms with E-state index in [1.807, 2.05) is 6.92 Å². The van der Waals surface area contributed by atoms with Gasteiger partial charge in [-0.15, -0.1) is 0 Å². The molecule has 15 nitrogen and oxygen atoms in total. The molecule has 0 bridgehead atoms. The van der Waals surface area contributed by atoms with Crippen LogP contribution in [0.5, 0.6) is 0 Å². The monoisotopic (exact) mass is 692 g/mol. The van der Waals surface area contributed by atoms with E-state index < -0.39 is 147 Å². The number of ether oxygens (including phenoxy) is 6. The van der Waals surface area contributed by atoms with E-state index in [9.17, 15) is 44.4 Å². The first kappa shape index (κ1) is 33.5. The number of fused-ring (bicyclic) bond motifs is 9. The molecule has 0 amide bonds. The average molecular weight is 693 g/mol. The second-order valence-corrected chi connectivity index (χ2v) is 16.7. The van der Waals surface area contributed by atoms with E-state index >= 15 is 0 Å². The summed E-state index contributed by atoms with van der Waals surface area (Å²) in [5.41, 5.74) is -9.19. The minimum absolute atomic E-state index is 0.207. The van der Waals surface area contributed by atoms with Gasteiger partial charge in [-0.25, -0.2) is 4.79 Å². The number of Topliss-reactive ketones (excluding diaryl/α,β-unsaturated/α-hetero) is 1. The second-order valence-electron chi connectivity index (χ2n) is 16.7. The molecular formula is C34H44O15. The second kappa shape index (κ2) is 9.39. The summed E-state index contributed by atoms with van der Waals surface area (Å²) in [7, 11) is 0. The predicted octanol–water partition coefficient (Wildman–Crippen LogP) is -0.832. The largest absolute Gasteiger partial charge is 0.459 e. The summed E-state index contributed by atoms with van der Waals surface area (Å²) in [4.78, 5) is 66.6. The lowest BCUT2D eigenvalue weighted by Gasteiger charge is -2.67. The first-order valence-corrected chi connectivity index (χ1v) is 17.0. The SMILES string of the molecule is CC(=O)O[C@H]1[C@H]2[C@@H](C(=O)[C@H](O)[C@@]3(O)C[C@@H]4O[C@@H]4[C@H](OC(C)=O)[C@]23C)[C@@H]2[C@@H](O)[C@@H]3[C@H]([C@H](C)[C@H]4O[C@]45OC(=O)[C@@](C)(O)[C@]35C)[C@@]2(C)[C@H]1OC(C)=O. The van der Waals surface area contributed by atoms with Crippen LogP contribution in [0.15, 0.2) is 0 Å². The quantitative estimate of drug-likeness (QED) is 0.161. The zero-order chi connectivity index (χ0) is 35.9. The highest BCUT2D eigenvalue weighted by atomic mass is 16.8. The van der Waals surface area contributed by atoms with E-state index in [2.05, 4.69) is 0 Å². The van der Waals surface area contributed by atoms with Crippen LogP contribution in [0.2, 0.25) is 0 Å². The highest BCUT2D eigenvalue weighted by Gasteiger charge is 2.93. The van der Waals surface area contributed by atoms with Gasteiger partial charge < -0.3 is 48.8 Å². The molecule has 49 heavy (non-hydrogen) atoms. The number of esters is 4. The third-order valence-corrected chi connectivity index (χ3v) is 14.9. The molecule has 8 rings (SSSR count). The van der Waals surface area contributed by atoms with Crippen LogP contribution in [0.4, 0.5) is 0 Å². The van der Waals surface area contributed by atoms with E-state index in [1.54, 1.807) is 20.8 Å². The van der Waals surface area contributed by atoms with Gasteiger partial charge >= 0.3 is 23.9 Å². The van der Waals surface area contributed by atoms with Crippen molar-refractivity contribution in [3.8, 4) is 0 Å². The van der Waals surface area contributed by atoms with Gasteiger partial charge in [0.15, 0.2) is 11.4 Å². The summed E-state index contributed by atoms with van der Waals surface area (Å²) >= 11 is 0. The molecular weight excluding hydrogens is 648 g/mol. The topological polar surface area (TPSA) is 228 Å². The molecule has 20 atom stereocenters. The Bertz CT molecular complexity index is 1590. The van der Waals surface area contributed by atoms with Gasteiger partial charge in [0.25, 0.3) is 0 Å². The number of epoxide rings is 2. The number of aliphatic hydroxyl groups is 4. The lowest BCUT2D eigenvalue weighted by Crippen LogP contribution is -2.80. The molecule has 0 unspecified atom stereocenters. The highest BCUT2D eigenvalue weighted by Crippen LogP contribution is 2.80. The summed E-state index contributed by atoms with van der Waals surface area (Å²) in [5, 5.41) is 49.0. The standard InChI is InChI=1S/C34H44O15/c1-10-16-19(31(7)32(8,42)28(41)49-34(31)25(10)48-34)21(39)17-15-18(23(44-11(2)35)26(29(16,17)5)45-12(3)36)30(6)27(46-13(4)37)22-14(47-22)9-33(30,43)24(40)20(15)38/h10,14-19,21-27,39-40,42-43H,9H2,1-8H3/t10-,14-,15-,16-,17+,18+,19-,21+,22-,23-,24-,25+,26-,27-,29+,30-,31-,32+,33-,34-/m0/s1. The first-order chi connectivity index (χ1) is 22.6. The van der Waals surface area contributed by atoms with Gasteiger partial charge in [0.05, 0.1) is 17.6 Å². The molecule has 4 N–H and O–H groups in total. The molecule has 0 aromatic rings. The molecule has 5 saturated carbocycles. The van der Waals surface area contributed by atoms with Gasteiger partial charge in [-0.2, -0.15) is 0 Å². The maximum Gasteiger partial charge on any atom is 0.341 e. The van der Waals surface area contributed by atoms with E-state index in [0.717, 1.165) is 6.92 Å². The number of rotatable bonds is 3. The Morgan fingerprint density at radius 1 is 0.837 bits per heavy atom. The summed E-state index contributed by atoms with van der Waals surface area (Å²) in [6.07, 6.45) is -9.93. The molecule has 0 radical (unpaired) electrons. The number of aliphatic hydroxyl groups excluding tert-OH is 2. The van der Waals surface area contributed by atoms with Gasteiger partial charge in [0, 0.05) is 61.7 Å². The Kier molecular flexibility index (Phi) is 6.41. The summed E-state index contributed by atoms with van der Waals surface area (Å²) < 4.78 is 35.7. The van der Waals surface area contributed by atoms with Crippen LogP contribution in [0.25, 0.3) is 0 Å². The number of hydrogen-bond acceptors (Lipinski definition) is 15. The molecule has 3 aliphatic heterocycles. The van der Waals surface area contributed by atoms with E-state index in [-0.39, 0.29) is 6.42 Å². The smallest absolute Gasteiger partial charge is 0.341 e. The Balaban J connectivity index is 1.40. The molecule has 0 aromatic heterocycles. The fourth-order valence-corrected chi connectivity index (χ4v) is 12.8. The van der Waals surface area contributed by atoms with Crippen molar-refractivity contribution in [2.24, 2.45) is 51.8 Å². The van der Waals surface area contributed by atoms with Crippen molar-refractivity contribution in [3.05, 3.63) is 0 Å². The van der Waals surface area contributed by atoms with Crippen LogP contribution >= 0.6 is 0 Å². The Morgan fingerprint density at radius 2 is 1.43 bits per heavy atom. The fourth-order valence-electron chi connectivity index (χ4n) is 12.8. The first-order valence-electron chi connectivity index (χ1n) is 17.0. The lowest BCUT2D eigenvalue weighted by atomic mass is 9.39. The summed E-state index contributed by atoms with van der Waals surface area (Å²) in [6.45, 7) is 11.5. The molecule has 3 saturated heterocycles. The Morgan fingerprint density at radius 3 is 2.02 bits per heavy atom. The van der Waals surface area contributed by atoms with Crippen LogP contribution in [-0.4, -0.2) is 116 Å². The van der Waals surface area contributed by atoms with Crippen molar-refractivity contribution in [3.63, 3.8) is 0 Å². The predicted molar refractivity (Wildman–Crippen MR) is 157 cm³/mol. The lowest BCUT2D eigenvalue weighted by molar-refractivity contribution is -0.302. The molecule has 0 aromatic carbocycles. The van der Waals surface area contributed by atoms with E-state index in [0.29, 0.717) is 0 Å². The van der Waals surface area contributed by atoms with Crippen molar-refractivity contribution < 1.29 is 72.8 Å². The van der Waals surface area contributed by atoms with Crippen molar-refractivity contribution in [1.82, 2.24) is 0 Å². The van der Waals surface area contributed by atoms with E-state index in [4.69, 9.17) is 28.4 Å². The van der Waals surface area contributed by atoms with Gasteiger partial charge in [0.1, 0.15) is 42.2 Å². The van der Waals surface area contributed by atoms with Gasteiger partial charge in [-0.05, 0) is 25.7 Å². The van der Waals surface area contributed by atoms with Crippen LogP contribution in [0.3, 0.4) is 0 Å². The van der Waals surface area contributed by atoms with Crippen molar-refractivity contribution >= 4 is 29.7 Å². The molecule has 8 aliphatic rings. The maximum absolute atomic E-state index is 14.8. The third-order valence-electron chi connectivity index (χ3n) is 14.9. The van der Waals surface area contributed by atoms with Gasteiger partial charge in [-0.1, -0.05) is 20.8 Å². The Hall–Kier alpha value is -2.69. The van der Waals surface area contributed by atoms with Crippen LogP contribution in [0.1, 0.15) is 61.8 Å². The number of ketones is 1. The normalized spacial score (nSPS) is 60.2.